The Hall–Kier alpha value is -1.44. The summed E-state index contributed by atoms with van der Waals surface area (Å²) >= 11 is 3.17. The summed E-state index contributed by atoms with van der Waals surface area (Å²) in [6, 6.07) is 9.91. The molecule has 21 heavy (non-hydrogen) atoms. The Bertz CT molecular complexity index is 732. The van der Waals surface area contributed by atoms with E-state index < -0.39 is 15.8 Å². The highest BCUT2D eigenvalue weighted by atomic mass is 79.9. The molecule has 2 aromatic carbocycles. The number of nitrogens with one attached hydrogen (secondary N) is 1. The summed E-state index contributed by atoms with van der Waals surface area (Å²) in [5.41, 5.74) is 0.970. The van der Waals surface area contributed by atoms with Gasteiger partial charge in [0.05, 0.1) is 10.6 Å². The van der Waals surface area contributed by atoms with E-state index in [1.54, 1.807) is 12.1 Å². The monoisotopic (exact) mass is 373 g/mol. The molecule has 0 amide bonds. The first kappa shape index (κ1) is 15.9. The zero-order chi connectivity index (χ0) is 15.5. The number of rotatable bonds is 5. The van der Waals surface area contributed by atoms with Gasteiger partial charge in [0.25, 0.3) is 10.0 Å². The standard InChI is InChI=1S/C14H13BrFNO3S/c15-13-6-3-11(16)9-14(13)17-21(19,20)12-4-1-10(2-5-12)7-8-18/h1-6,9,17-18H,7-8H2. The zero-order valence-corrected chi connectivity index (χ0v) is 13.3. The van der Waals surface area contributed by atoms with E-state index in [2.05, 4.69) is 20.7 Å². The van der Waals surface area contributed by atoms with Crippen molar-refractivity contribution in [1.82, 2.24) is 0 Å². The first-order valence-electron chi connectivity index (χ1n) is 6.10. The van der Waals surface area contributed by atoms with Crippen LogP contribution in [-0.4, -0.2) is 20.1 Å². The molecule has 2 aromatic rings. The lowest BCUT2D eigenvalue weighted by Gasteiger charge is -2.10. The fraction of sp³-hybridized carbons (Fsp3) is 0.143. The fourth-order valence-corrected chi connectivity index (χ4v) is 3.29. The number of aliphatic hydroxyl groups excluding tert-OH is 1. The molecular formula is C14H13BrFNO3S. The summed E-state index contributed by atoms with van der Waals surface area (Å²) in [6.45, 7) is 0.000581. The molecule has 0 saturated carbocycles. The molecule has 2 N–H and O–H groups in total. The predicted octanol–water partition coefficient (Wildman–Crippen LogP) is 2.92. The van der Waals surface area contributed by atoms with Crippen LogP contribution in [0, 0.1) is 5.82 Å². The molecule has 0 bridgehead atoms. The van der Waals surface area contributed by atoms with Gasteiger partial charge in [-0.15, -0.1) is 0 Å². The van der Waals surface area contributed by atoms with Crippen LogP contribution in [0.15, 0.2) is 51.8 Å². The summed E-state index contributed by atoms with van der Waals surface area (Å²) in [4.78, 5) is 0.0698. The Balaban J connectivity index is 2.27. The van der Waals surface area contributed by atoms with Crippen molar-refractivity contribution in [2.75, 3.05) is 11.3 Å². The lowest BCUT2D eigenvalue weighted by molar-refractivity contribution is 0.299. The number of hydrogen-bond acceptors (Lipinski definition) is 3. The van der Waals surface area contributed by atoms with Crippen molar-refractivity contribution in [2.24, 2.45) is 0 Å². The number of aliphatic hydroxyl groups is 1. The van der Waals surface area contributed by atoms with Gasteiger partial charge in [-0.1, -0.05) is 12.1 Å². The Kier molecular flexibility index (Phi) is 4.97. The lowest BCUT2D eigenvalue weighted by Crippen LogP contribution is -2.13. The van der Waals surface area contributed by atoms with Crippen LogP contribution in [0.1, 0.15) is 5.56 Å². The van der Waals surface area contributed by atoms with E-state index in [0.29, 0.717) is 10.9 Å². The van der Waals surface area contributed by atoms with Crippen LogP contribution in [0.4, 0.5) is 10.1 Å². The third kappa shape index (κ3) is 4.03. The third-order valence-corrected chi connectivity index (χ3v) is 4.88. The molecule has 0 spiro atoms. The molecule has 0 atom stereocenters. The predicted molar refractivity (Wildman–Crippen MR) is 82.1 cm³/mol. The second-order valence-electron chi connectivity index (χ2n) is 4.35. The van der Waals surface area contributed by atoms with Crippen LogP contribution in [-0.2, 0) is 16.4 Å². The number of benzene rings is 2. The smallest absolute Gasteiger partial charge is 0.261 e. The van der Waals surface area contributed by atoms with E-state index in [1.807, 2.05) is 0 Å². The van der Waals surface area contributed by atoms with E-state index in [-0.39, 0.29) is 17.2 Å². The molecule has 0 aliphatic rings. The Morgan fingerprint density at radius 1 is 1.14 bits per heavy atom. The minimum Gasteiger partial charge on any atom is -0.396 e. The molecule has 0 aliphatic carbocycles. The molecule has 0 aliphatic heterocycles. The van der Waals surface area contributed by atoms with Crippen LogP contribution in [0.5, 0.6) is 0 Å². The van der Waals surface area contributed by atoms with Gasteiger partial charge in [0.2, 0.25) is 0 Å². The summed E-state index contributed by atoms with van der Waals surface area (Å²) in [5.74, 6) is -0.533. The van der Waals surface area contributed by atoms with Crippen LogP contribution >= 0.6 is 15.9 Å². The van der Waals surface area contributed by atoms with Crippen LogP contribution in [0.25, 0.3) is 0 Å². The second-order valence-corrected chi connectivity index (χ2v) is 6.88. The van der Waals surface area contributed by atoms with E-state index in [0.717, 1.165) is 11.6 Å². The maximum Gasteiger partial charge on any atom is 0.261 e. The summed E-state index contributed by atoms with van der Waals surface area (Å²) in [6.07, 6.45) is 0.462. The summed E-state index contributed by atoms with van der Waals surface area (Å²) in [5, 5.41) is 8.83. The van der Waals surface area contributed by atoms with Crippen molar-refractivity contribution in [3.8, 4) is 0 Å². The van der Waals surface area contributed by atoms with Crippen molar-refractivity contribution < 1.29 is 17.9 Å². The van der Waals surface area contributed by atoms with Crippen molar-refractivity contribution in [3.05, 3.63) is 58.3 Å². The molecule has 0 saturated heterocycles. The molecule has 4 nitrogen and oxygen atoms in total. The Morgan fingerprint density at radius 2 is 1.81 bits per heavy atom. The molecule has 0 fully saturated rings. The number of hydrogen-bond donors (Lipinski definition) is 2. The number of sulfonamides is 1. The van der Waals surface area contributed by atoms with Crippen LogP contribution in [0.3, 0.4) is 0 Å². The first-order chi connectivity index (χ1) is 9.92. The van der Waals surface area contributed by atoms with Crippen molar-refractivity contribution >= 4 is 31.6 Å². The topological polar surface area (TPSA) is 66.4 Å². The number of halogens is 2. The summed E-state index contributed by atoms with van der Waals surface area (Å²) in [7, 11) is -3.79. The largest absolute Gasteiger partial charge is 0.396 e. The van der Waals surface area contributed by atoms with Crippen LogP contribution in [0.2, 0.25) is 0 Å². The lowest BCUT2D eigenvalue weighted by atomic mass is 10.2. The van der Waals surface area contributed by atoms with Gasteiger partial charge in [0.15, 0.2) is 0 Å². The van der Waals surface area contributed by atoms with Gasteiger partial charge in [-0.3, -0.25) is 4.72 Å². The number of anilines is 1. The molecule has 2 rings (SSSR count). The highest BCUT2D eigenvalue weighted by molar-refractivity contribution is 9.10. The van der Waals surface area contributed by atoms with E-state index >= 15 is 0 Å². The van der Waals surface area contributed by atoms with Gasteiger partial charge >= 0.3 is 0 Å². The van der Waals surface area contributed by atoms with Gasteiger partial charge in [-0.25, -0.2) is 12.8 Å². The average Bonchev–Trinajstić information content (AvgIpc) is 2.44. The molecule has 0 heterocycles. The van der Waals surface area contributed by atoms with Gasteiger partial charge in [-0.2, -0.15) is 0 Å². The SMILES string of the molecule is O=S(=O)(Nc1cc(F)ccc1Br)c1ccc(CCO)cc1. The first-order valence-corrected chi connectivity index (χ1v) is 8.37. The minimum atomic E-state index is -3.79. The molecular weight excluding hydrogens is 361 g/mol. The quantitative estimate of drug-likeness (QED) is 0.846. The minimum absolute atomic E-state index is 0.000581. The third-order valence-electron chi connectivity index (χ3n) is 2.81. The van der Waals surface area contributed by atoms with Crippen LogP contribution < -0.4 is 4.72 Å². The second kappa shape index (κ2) is 6.55. The maximum atomic E-state index is 13.2. The van der Waals surface area contributed by atoms with Crippen molar-refractivity contribution in [3.63, 3.8) is 0 Å². The fourth-order valence-electron chi connectivity index (χ4n) is 1.74. The highest BCUT2D eigenvalue weighted by Gasteiger charge is 2.16. The van der Waals surface area contributed by atoms with E-state index in [1.165, 1.54) is 24.3 Å². The molecule has 0 radical (unpaired) electrons. The van der Waals surface area contributed by atoms with Gasteiger partial charge in [-0.05, 0) is 58.2 Å². The normalized spacial score (nSPS) is 11.4. The average molecular weight is 374 g/mol. The Labute approximate surface area is 130 Å². The molecule has 0 unspecified atom stereocenters. The van der Waals surface area contributed by atoms with Gasteiger partial charge in [0, 0.05) is 11.1 Å². The zero-order valence-electron chi connectivity index (χ0n) is 10.9. The van der Waals surface area contributed by atoms with Gasteiger partial charge < -0.3 is 5.11 Å². The Morgan fingerprint density at radius 3 is 2.43 bits per heavy atom. The highest BCUT2D eigenvalue weighted by Crippen LogP contribution is 2.26. The molecule has 0 aromatic heterocycles. The van der Waals surface area contributed by atoms with Gasteiger partial charge in [0.1, 0.15) is 5.82 Å². The van der Waals surface area contributed by atoms with Crippen molar-refractivity contribution in [1.29, 1.82) is 0 Å². The van der Waals surface area contributed by atoms with Crippen molar-refractivity contribution in [2.45, 2.75) is 11.3 Å². The van der Waals surface area contributed by atoms with E-state index in [4.69, 9.17) is 5.11 Å². The van der Waals surface area contributed by atoms with E-state index in [9.17, 15) is 12.8 Å². The summed E-state index contributed by atoms with van der Waals surface area (Å²) < 4.78 is 40.4. The molecule has 7 heteroatoms. The molecule has 112 valence electrons. The maximum absolute atomic E-state index is 13.2.